The Bertz CT molecular complexity index is 2380. The Morgan fingerprint density at radius 3 is 1.82 bits per heavy atom. The maximum atomic E-state index is 15.2. The van der Waals surface area contributed by atoms with Crippen LogP contribution in [0.4, 0.5) is 0 Å². The summed E-state index contributed by atoms with van der Waals surface area (Å²) in [5.41, 5.74) is 4.06. The SMILES string of the molecule is CC(C)CCCCCC(O)CC(=O)NC(Cc1ccccc1)(C(=O)NC(CO)C(=O)NC(C(=O)N(C(=O)C(CO)NC(=O)C1CC(O)CN1)C(CC(C)C)C(=O)NC(Cc1ccccc1)C(=O)O)C(C)C)C(=O)C(N)CC(=O)O. The lowest BCUT2D eigenvalue weighted by Gasteiger charge is -2.37. The molecule has 24 heteroatoms. The van der Waals surface area contributed by atoms with E-state index in [1.54, 1.807) is 62.4 Å². The van der Waals surface area contributed by atoms with Crippen LogP contribution < -0.4 is 37.6 Å². The van der Waals surface area contributed by atoms with Gasteiger partial charge in [-0.15, -0.1) is 0 Å². The largest absolute Gasteiger partial charge is 0.481 e. The van der Waals surface area contributed by atoms with Crippen molar-refractivity contribution in [1.82, 2.24) is 36.8 Å². The van der Waals surface area contributed by atoms with Crippen molar-refractivity contribution in [1.29, 1.82) is 0 Å². The van der Waals surface area contributed by atoms with Gasteiger partial charge in [-0.25, -0.2) is 4.79 Å². The van der Waals surface area contributed by atoms with Crippen molar-refractivity contribution >= 4 is 59.1 Å². The number of carboxylic acid groups (broad SMARTS) is 2. The molecular formula is C55H82N8O16. The predicted molar refractivity (Wildman–Crippen MR) is 287 cm³/mol. The first-order valence-electron chi connectivity index (χ1n) is 26.8. The Morgan fingerprint density at radius 2 is 1.30 bits per heavy atom. The Hall–Kier alpha value is -6.70. The molecule has 438 valence electrons. The number of rotatable bonds is 34. The number of aliphatic hydroxyl groups excluding tert-OH is 4. The van der Waals surface area contributed by atoms with Crippen molar-refractivity contribution in [3.05, 3.63) is 71.8 Å². The highest BCUT2D eigenvalue weighted by atomic mass is 16.4. The minimum Gasteiger partial charge on any atom is -0.481 e. The van der Waals surface area contributed by atoms with Gasteiger partial charge >= 0.3 is 11.9 Å². The quantitative estimate of drug-likeness (QED) is 0.0302. The number of carbonyl (C=O) groups excluding carboxylic acids is 8. The molecule has 0 radical (unpaired) electrons. The second-order valence-corrected chi connectivity index (χ2v) is 21.4. The summed E-state index contributed by atoms with van der Waals surface area (Å²) in [6.45, 7) is 7.87. The zero-order valence-corrected chi connectivity index (χ0v) is 45.9. The highest BCUT2D eigenvalue weighted by Gasteiger charge is 2.51. The summed E-state index contributed by atoms with van der Waals surface area (Å²) in [6, 6.07) is 3.52. The number of amides is 7. The van der Waals surface area contributed by atoms with Gasteiger partial charge in [0.15, 0.2) is 11.3 Å². The topological polar surface area (TPSA) is 394 Å². The second-order valence-electron chi connectivity index (χ2n) is 21.4. The number of Topliss-reactive ketones (excluding diaryl/α,β-unsaturated/α-hetero) is 1. The molecule has 1 saturated heterocycles. The van der Waals surface area contributed by atoms with E-state index >= 15 is 4.79 Å². The van der Waals surface area contributed by atoms with Crippen molar-refractivity contribution in [2.24, 2.45) is 23.5 Å². The average molecular weight is 1110 g/mol. The molecule has 1 heterocycles. The van der Waals surface area contributed by atoms with Gasteiger partial charge in [-0.05, 0) is 48.1 Å². The molecule has 0 aliphatic carbocycles. The van der Waals surface area contributed by atoms with Crippen LogP contribution in [0, 0.1) is 17.8 Å². The number of nitrogens with one attached hydrogen (secondary N) is 6. The van der Waals surface area contributed by atoms with E-state index in [2.05, 4.69) is 45.7 Å². The van der Waals surface area contributed by atoms with E-state index in [0.717, 1.165) is 19.3 Å². The van der Waals surface area contributed by atoms with Crippen molar-refractivity contribution in [2.75, 3.05) is 19.8 Å². The lowest BCUT2D eigenvalue weighted by Crippen LogP contribution is -2.70. The fourth-order valence-electron chi connectivity index (χ4n) is 9.10. The monoisotopic (exact) mass is 1110 g/mol. The molecule has 79 heavy (non-hydrogen) atoms. The molecule has 1 aliphatic heterocycles. The molecule has 10 unspecified atom stereocenters. The van der Waals surface area contributed by atoms with Crippen LogP contribution in [0.3, 0.4) is 0 Å². The molecule has 24 nitrogen and oxygen atoms in total. The summed E-state index contributed by atoms with van der Waals surface area (Å²) in [4.78, 5) is 141. The van der Waals surface area contributed by atoms with Gasteiger partial charge in [-0.1, -0.05) is 128 Å². The summed E-state index contributed by atoms with van der Waals surface area (Å²) in [5.74, 6) is -13.9. The molecule has 2 aromatic carbocycles. The summed E-state index contributed by atoms with van der Waals surface area (Å²) >= 11 is 0. The molecule has 14 N–H and O–H groups in total. The van der Waals surface area contributed by atoms with E-state index in [-0.39, 0.29) is 37.8 Å². The van der Waals surface area contributed by atoms with Gasteiger partial charge in [-0.3, -0.25) is 48.1 Å². The van der Waals surface area contributed by atoms with Gasteiger partial charge in [0.05, 0.1) is 50.3 Å². The number of carbonyl (C=O) groups is 10. The lowest BCUT2D eigenvalue weighted by molar-refractivity contribution is -0.158. The number of unbranched alkanes of at least 4 members (excludes halogenated alkanes) is 2. The molecule has 7 amide bonds. The summed E-state index contributed by atoms with van der Waals surface area (Å²) in [5, 5.41) is 76.8. The van der Waals surface area contributed by atoms with Crippen molar-refractivity contribution < 1.29 is 78.6 Å². The Kier molecular flexibility index (Phi) is 27.3. The average Bonchev–Trinajstić information content (AvgIpc) is 3.88. The van der Waals surface area contributed by atoms with Gasteiger partial charge in [0.25, 0.3) is 17.7 Å². The van der Waals surface area contributed by atoms with Gasteiger partial charge < -0.3 is 68.3 Å². The minimum atomic E-state index is -2.81. The van der Waals surface area contributed by atoms with Gasteiger partial charge in [0, 0.05) is 19.4 Å². The fraction of sp³-hybridized carbons (Fsp3) is 0.600. The van der Waals surface area contributed by atoms with Gasteiger partial charge in [-0.2, -0.15) is 0 Å². The number of benzene rings is 2. The van der Waals surface area contributed by atoms with Gasteiger partial charge in [0.1, 0.15) is 30.2 Å². The van der Waals surface area contributed by atoms with Crippen LogP contribution in [0.15, 0.2) is 60.7 Å². The highest BCUT2D eigenvalue weighted by Crippen LogP contribution is 2.23. The number of hydrogen-bond donors (Lipinski definition) is 13. The first-order valence-corrected chi connectivity index (χ1v) is 26.8. The maximum Gasteiger partial charge on any atom is 0.326 e. The van der Waals surface area contributed by atoms with Crippen LogP contribution >= 0.6 is 0 Å². The molecule has 1 fully saturated rings. The maximum absolute atomic E-state index is 15.2. The molecule has 10 atom stereocenters. The molecule has 0 saturated carbocycles. The van der Waals surface area contributed by atoms with Crippen LogP contribution in [0.1, 0.15) is 110 Å². The van der Waals surface area contributed by atoms with E-state index < -0.39 is 163 Å². The van der Waals surface area contributed by atoms with Crippen molar-refractivity contribution in [2.45, 2.75) is 172 Å². The Morgan fingerprint density at radius 1 is 0.709 bits per heavy atom. The molecule has 0 aromatic heterocycles. The molecule has 0 bridgehead atoms. The number of imide groups is 1. The minimum absolute atomic E-state index is 0.0239. The normalized spacial score (nSPS) is 17.7. The number of hydrogen-bond acceptors (Lipinski definition) is 16. The zero-order valence-electron chi connectivity index (χ0n) is 45.9. The summed E-state index contributed by atoms with van der Waals surface area (Å²) in [6.07, 6.45) is -1.82. The number of aliphatic hydroxyl groups is 4. The number of aliphatic carboxylic acids is 2. The van der Waals surface area contributed by atoms with E-state index in [4.69, 9.17) is 5.73 Å². The first-order chi connectivity index (χ1) is 37.2. The van der Waals surface area contributed by atoms with E-state index in [1.807, 2.05) is 0 Å². The molecule has 1 aliphatic rings. The lowest BCUT2D eigenvalue weighted by atomic mass is 9.81. The summed E-state index contributed by atoms with van der Waals surface area (Å²) < 4.78 is 0. The third kappa shape index (κ3) is 20.8. The van der Waals surface area contributed by atoms with Crippen LogP contribution in [0.2, 0.25) is 0 Å². The molecule has 2 aromatic rings. The fourth-order valence-corrected chi connectivity index (χ4v) is 9.10. The smallest absolute Gasteiger partial charge is 0.326 e. The third-order valence-corrected chi connectivity index (χ3v) is 13.4. The van der Waals surface area contributed by atoms with Crippen molar-refractivity contribution in [3.63, 3.8) is 0 Å². The Labute approximate surface area is 460 Å². The number of carboxylic acids is 2. The van der Waals surface area contributed by atoms with Gasteiger partial charge in [0.2, 0.25) is 23.6 Å². The third-order valence-electron chi connectivity index (χ3n) is 13.4. The van der Waals surface area contributed by atoms with Crippen LogP contribution in [0.5, 0.6) is 0 Å². The highest BCUT2D eigenvalue weighted by molar-refractivity contribution is 6.16. The molecular weight excluding hydrogens is 1030 g/mol. The first kappa shape index (κ1) is 66.6. The van der Waals surface area contributed by atoms with Crippen LogP contribution in [-0.2, 0) is 60.8 Å². The zero-order chi connectivity index (χ0) is 59.1. The van der Waals surface area contributed by atoms with E-state index in [1.165, 1.54) is 26.0 Å². The number of nitrogens with two attached hydrogens (primary N) is 1. The number of ketones is 1. The van der Waals surface area contributed by atoms with Crippen LogP contribution in [0.25, 0.3) is 0 Å². The number of β-amino-alcohol motifs (C(OH)–C–C–N with tert-alkyl or cyclic N) is 1. The standard InChI is InChI=1S/C55H82N8O16/c1-31(2)16-10-7-15-21-36(66)25-44(68)62-55(27-35-19-13-9-14-20-35,47(71)38(56)26-45(69)70)54(79)60-41(29-64)49(73)61-46(33(5)6)52(76)63(51(75)42(30-65)59-48(72)39-24-37(67)28-57-39)43(22-32(3)4)50(74)58-40(53(77)78)23-34-17-11-8-12-18-34/h8-9,11-14,17-20,31-33,36-43,46,57,64-67H,7,10,15-16,21-30,56H2,1-6H3,(H,58,74)(H,59,72)(H,60,79)(H,61,73)(H,62,68)(H,69,70)(H,77,78). The van der Waals surface area contributed by atoms with Crippen LogP contribution in [-0.4, -0.2) is 174 Å². The predicted octanol–water partition coefficient (Wildman–Crippen LogP) is -0.788. The van der Waals surface area contributed by atoms with E-state index in [0.29, 0.717) is 22.8 Å². The Balaban J connectivity index is 2.13. The number of nitrogens with zero attached hydrogens (tertiary/aromatic N) is 1. The van der Waals surface area contributed by atoms with Crippen molar-refractivity contribution in [3.8, 4) is 0 Å². The second kappa shape index (κ2) is 32.4. The van der Waals surface area contributed by atoms with E-state index in [9.17, 15) is 73.8 Å². The molecule has 3 rings (SSSR count). The summed E-state index contributed by atoms with van der Waals surface area (Å²) in [7, 11) is 0. The molecule has 0 spiro atoms.